The third-order valence-electron chi connectivity index (χ3n) is 4.64. The summed E-state index contributed by atoms with van der Waals surface area (Å²) in [4.78, 5) is 30.0. The van der Waals surface area contributed by atoms with Crippen molar-refractivity contribution in [3.8, 4) is 0 Å². The number of amides is 1. The Morgan fingerprint density at radius 3 is 2.88 bits per heavy atom. The van der Waals surface area contributed by atoms with Crippen LogP contribution in [0.25, 0.3) is 10.2 Å². The van der Waals surface area contributed by atoms with Crippen LogP contribution in [0.1, 0.15) is 27.2 Å². The summed E-state index contributed by atoms with van der Waals surface area (Å²) in [5.41, 5.74) is 10.4. The van der Waals surface area contributed by atoms with Gasteiger partial charge in [-0.25, -0.2) is 15.0 Å². The van der Waals surface area contributed by atoms with Crippen LogP contribution in [0.4, 0.5) is 10.9 Å². The summed E-state index contributed by atoms with van der Waals surface area (Å²) in [6.45, 7) is 3.11. The molecule has 2 aromatic heterocycles. The van der Waals surface area contributed by atoms with E-state index in [0.29, 0.717) is 23.8 Å². The van der Waals surface area contributed by atoms with Gasteiger partial charge in [0.15, 0.2) is 5.13 Å². The fourth-order valence-corrected chi connectivity index (χ4v) is 4.27. The van der Waals surface area contributed by atoms with Gasteiger partial charge >= 0.3 is 0 Å². The van der Waals surface area contributed by atoms with Gasteiger partial charge in [-0.1, -0.05) is 11.3 Å². The molecular formula is C18H20N6OS. The lowest BCUT2D eigenvalue weighted by molar-refractivity contribution is 0.0732. The zero-order chi connectivity index (χ0) is 18.4. The number of carbonyl (C=O) groups is 1. The molecule has 4 rings (SSSR count). The van der Waals surface area contributed by atoms with Gasteiger partial charge in [-0.2, -0.15) is 0 Å². The fourth-order valence-electron chi connectivity index (χ4n) is 3.42. The molecule has 0 atom stereocenters. The van der Waals surface area contributed by atoms with Gasteiger partial charge in [0, 0.05) is 31.8 Å². The number of hydrogen-bond acceptors (Lipinski definition) is 7. The van der Waals surface area contributed by atoms with Crippen molar-refractivity contribution < 1.29 is 4.79 Å². The Morgan fingerprint density at radius 2 is 2.12 bits per heavy atom. The topological polar surface area (TPSA) is 88.2 Å². The molecule has 0 radical (unpaired) electrons. The number of aromatic nitrogens is 3. The number of fused-ring (bicyclic) bond motifs is 2. The standard InChI is InChI=1S/C18H20N6OS/c1-10-6-11(7-14-15(10)22-18(19)26-14)17(25)24-5-4-12-13(8-24)20-9-21-16(12)23(2)3/h6-7,9H,4-5,8H2,1-3H3,(H2,19,22). The van der Waals surface area contributed by atoms with Crippen molar-refractivity contribution in [2.24, 2.45) is 0 Å². The third kappa shape index (κ3) is 2.76. The molecule has 0 fully saturated rings. The van der Waals surface area contributed by atoms with Gasteiger partial charge in [0.1, 0.15) is 12.1 Å². The number of nitrogens with zero attached hydrogens (tertiary/aromatic N) is 5. The maximum Gasteiger partial charge on any atom is 0.254 e. The van der Waals surface area contributed by atoms with Crippen molar-refractivity contribution >= 4 is 38.4 Å². The second kappa shape index (κ2) is 6.21. The van der Waals surface area contributed by atoms with E-state index in [9.17, 15) is 4.79 Å². The van der Waals surface area contributed by atoms with E-state index in [1.54, 1.807) is 6.33 Å². The average molecular weight is 368 g/mol. The number of aryl methyl sites for hydroxylation is 1. The van der Waals surface area contributed by atoms with Crippen molar-refractivity contribution in [1.82, 2.24) is 19.9 Å². The number of anilines is 2. The van der Waals surface area contributed by atoms with Crippen LogP contribution in [-0.2, 0) is 13.0 Å². The van der Waals surface area contributed by atoms with Crippen molar-refractivity contribution in [3.63, 3.8) is 0 Å². The van der Waals surface area contributed by atoms with Crippen LogP contribution in [-0.4, -0.2) is 46.4 Å². The highest BCUT2D eigenvalue weighted by Crippen LogP contribution is 2.29. The molecule has 0 spiro atoms. The first-order chi connectivity index (χ1) is 12.4. The van der Waals surface area contributed by atoms with E-state index in [4.69, 9.17) is 5.73 Å². The largest absolute Gasteiger partial charge is 0.375 e. The van der Waals surface area contributed by atoms with Crippen LogP contribution in [0.15, 0.2) is 18.5 Å². The first-order valence-electron chi connectivity index (χ1n) is 8.40. The molecular weight excluding hydrogens is 348 g/mol. The normalized spacial score (nSPS) is 13.7. The van der Waals surface area contributed by atoms with Crippen LogP contribution >= 0.6 is 11.3 Å². The Bertz CT molecular complexity index is 1010. The Labute approximate surface area is 155 Å². The number of hydrogen-bond donors (Lipinski definition) is 1. The molecule has 1 aliphatic heterocycles. The minimum atomic E-state index is 0.0117. The summed E-state index contributed by atoms with van der Waals surface area (Å²) in [5, 5.41) is 0.521. The zero-order valence-corrected chi connectivity index (χ0v) is 15.8. The van der Waals surface area contributed by atoms with Gasteiger partial charge in [-0.3, -0.25) is 4.79 Å². The molecule has 3 heterocycles. The van der Waals surface area contributed by atoms with Gasteiger partial charge in [-0.05, 0) is 31.0 Å². The molecule has 0 unspecified atom stereocenters. The monoisotopic (exact) mass is 368 g/mol. The Morgan fingerprint density at radius 1 is 1.31 bits per heavy atom. The van der Waals surface area contributed by atoms with Crippen LogP contribution < -0.4 is 10.6 Å². The predicted molar refractivity (Wildman–Crippen MR) is 104 cm³/mol. The Kier molecular flexibility index (Phi) is 3.99. The Balaban J connectivity index is 1.65. The van der Waals surface area contributed by atoms with E-state index in [1.807, 2.05) is 43.0 Å². The quantitative estimate of drug-likeness (QED) is 0.746. The van der Waals surface area contributed by atoms with E-state index in [0.717, 1.165) is 39.3 Å². The van der Waals surface area contributed by atoms with Gasteiger partial charge in [0.2, 0.25) is 0 Å². The average Bonchev–Trinajstić information content (AvgIpc) is 3.00. The van der Waals surface area contributed by atoms with Crippen molar-refractivity contribution in [3.05, 3.63) is 40.8 Å². The minimum Gasteiger partial charge on any atom is -0.375 e. The summed E-state index contributed by atoms with van der Waals surface area (Å²) in [7, 11) is 3.94. The van der Waals surface area contributed by atoms with Crippen LogP contribution in [0.2, 0.25) is 0 Å². The molecule has 2 N–H and O–H groups in total. The predicted octanol–water partition coefficient (Wildman–Crippen LogP) is 2.24. The molecule has 1 amide bonds. The minimum absolute atomic E-state index is 0.0117. The number of benzene rings is 1. The highest BCUT2D eigenvalue weighted by Gasteiger charge is 2.26. The van der Waals surface area contributed by atoms with Gasteiger partial charge in [0.05, 0.1) is 22.5 Å². The second-order valence-corrected chi connectivity index (χ2v) is 7.75. The number of thiazole rings is 1. The summed E-state index contributed by atoms with van der Waals surface area (Å²) in [6.07, 6.45) is 2.32. The number of carbonyl (C=O) groups excluding carboxylic acids is 1. The van der Waals surface area contributed by atoms with E-state index < -0.39 is 0 Å². The van der Waals surface area contributed by atoms with Gasteiger partial charge in [-0.15, -0.1) is 0 Å². The summed E-state index contributed by atoms with van der Waals surface area (Å²) in [6, 6.07) is 3.78. The lowest BCUT2D eigenvalue weighted by atomic mass is 10.0. The maximum absolute atomic E-state index is 13.1. The smallest absolute Gasteiger partial charge is 0.254 e. The third-order valence-corrected chi connectivity index (χ3v) is 5.48. The molecule has 134 valence electrons. The molecule has 8 heteroatoms. The van der Waals surface area contributed by atoms with Crippen molar-refractivity contribution in [1.29, 1.82) is 0 Å². The fraction of sp³-hybridized carbons (Fsp3) is 0.333. The molecule has 3 aromatic rings. The van der Waals surface area contributed by atoms with Crippen molar-refractivity contribution in [2.75, 3.05) is 31.3 Å². The summed E-state index contributed by atoms with van der Waals surface area (Å²) < 4.78 is 0.945. The number of nitrogens with two attached hydrogens (primary N) is 1. The molecule has 1 aromatic carbocycles. The molecule has 1 aliphatic rings. The second-order valence-electron chi connectivity index (χ2n) is 6.69. The number of nitrogen functional groups attached to an aromatic ring is 1. The lowest BCUT2D eigenvalue weighted by Gasteiger charge is -2.30. The first kappa shape index (κ1) is 16.7. The summed E-state index contributed by atoms with van der Waals surface area (Å²) in [5.74, 6) is 0.942. The molecule has 0 saturated heterocycles. The van der Waals surface area contributed by atoms with Crippen molar-refractivity contribution in [2.45, 2.75) is 19.9 Å². The SMILES string of the molecule is Cc1cc(C(=O)N2CCc3c(ncnc3N(C)C)C2)cc2sc(N)nc12. The zero-order valence-electron chi connectivity index (χ0n) is 15.0. The van der Waals surface area contributed by atoms with E-state index >= 15 is 0 Å². The highest BCUT2D eigenvalue weighted by molar-refractivity contribution is 7.22. The van der Waals surface area contributed by atoms with E-state index in [-0.39, 0.29) is 5.91 Å². The summed E-state index contributed by atoms with van der Waals surface area (Å²) >= 11 is 1.41. The molecule has 26 heavy (non-hydrogen) atoms. The molecule has 7 nitrogen and oxygen atoms in total. The molecule has 0 aliphatic carbocycles. The lowest BCUT2D eigenvalue weighted by Crippen LogP contribution is -2.37. The maximum atomic E-state index is 13.1. The number of rotatable bonds is 2. The van der Waals surface area contributed by atoms with E-state index in [2.05, 4.69) is 15.0 Å². The van der Waals surface area contributed by atoms with E-state index in [1.165, 1.54) is 11.3 Å². The van der Waals surface area contributed by atoms with Crippen LogP contribution in [0.3, 0.4) is 0 Å². The van der Waals surface area contributed by atoms with Gasteiger partial charge < -0.3 is 15.5 Å². The Hall–Kier alpha value is -2.74. The van der Waals surface area contributed by atoms with Crippen LogP contribution in [0.5, 0.6) is 0 Å². The molecule has 0 saturated carbocycles. The highest BCUT2D eigenvalue weighted by atomic mass is 32.1. The van der Waals surface area contributed by atoms with Gasteiger partial charge in [0.25, 0.3) is 5.91 Å². The van der Waals surface area contributed by atoms with Crippen LogP contribution in [0, 0.1) is 6.92 Å². The first-order valence-corrected chi connectivity index (χ1v) is 9.21. The molecule has 0 bridgehead atoms.